The minimum Gasteiger partial charge on any atom is -0.468 e. The second-order valence-corrected chi connectivity index (χ2v) is 8.68. The molecule has 0 aromatic heterocycles. The van der Waals surface area contributed by atoms with Gasteiger partial charge in [-0.25, -0.2) is 0 Å². The predicted octanol–water partition coefficient (Wildman–Crippen LogP) is 6.07. The molecule has 4 heteroatoms. The van der Waals surface area contributed by atoms with Crippen molar-refractivity contribution >= 4 is 0 Å². The quantitative estimate of drug-likeness (QED) is 0.373. The molecular weight excluding hydrogens is 400 g/mol. The fourth-order valence-corrected chi connectivity index (χ4v) is 4.33. The Morgan fingerprint density at radius 2 is 1.09 bits per heavy atom. The topological polar surface area (TPSA) is 36.9 Å². The first-order valence-corrected chi connectivity index (χ1v) is 12.0. The number of benzene rings is 2. The third-order valence-corrected chi connectivity index (χ3v) is 6.29. The number of ether oxygens (including phenoxy) is 4. The Kier molecular flexibility index (Phi) is 9.04. The van der Waals surface area contributed by atoms with Crippen LogP contribution in [0.4, 0.5) is 0 Å². The number of hydrogen-bond donors (Lipinski definition) is 0. The Labute approximate surface area is 192 Å². The zero-order valence-electron chi connectivity index (χ0n) is 18.8. The summed E-state index contributed by atoms with van der Waals surface area (Å²) in [5, 5.41) is 0. The van der Waals surface area contributed by atoms with Crippen LogP contribution in [0.2, 0.25) is 0 Å². The van der Waals surface area contributed by atoms with Crippen molar-refractivity contribution in [1.82, 2.24) is 0 Å². The minimum atomic E-state index is 0.241. The third kappa shape index (κ3) is 7.67. The first kappa shape index (κ1) is 22.9. The van der Waals surface area contributed by atoms with Gasteiger partial charge in [0.1, 0.15) is 12.5 Å². The van der Waals surface area contributed by atoms with Crippen LogP contribution in [0, 0.1) is 11.8 Å². The van der Waals surface area contributed by atoms with E-state index in [-0.39, 0.29) is 12.9 Å². The van der Waals surface area contributed by atoms with E-state index in [1.54, 1.807) is 0 Å². The average molecular weight is 435 g/mol. The molecule has 2 aliphatic carbocycles. The summed E-state index contributed by atoms with van der Waals surface area (Å²) in [5.74, 6) is 7.14. The maximum atomic E-state index is 5.95. The van der Waals surface area contributed by atoms with E-state index in [9.17, 15) is 0 Å². The van der Waals surface area contributed by atoms with Gasteiger partial charge in [0.05, 0.1) is 18.3 Å². The lowest BCUT2D eigenvalue weighted by Gasteiger charge is -2.29. The molecule has 0 atom stereocenters. The van der Waals surface area contributed by atoms with E-state index >= 15 is 0 Å². The first-order chi connectivity index (χ1) is 15.8. The van der Waals surface area contributed by atoms with Gasteiger partial charge in [-0.05, 0) is 74.9 Å². The van der Waals surface area contributed by atoms with Crippen LogP contribution in [0.1, 0.15) is 68.9 Å². The summed E-state index contributed by atoms with van der Waals surface area (Å²) in [4.78, 5) is 0. The van der Waals surface area contributed by atoms with Gasteiger partial charge >= 0.3 is 0 Å². The first-order valence-electron chi connectivity index (χ1n) is 12.0. The van der Waals surface area contributed by atoms with Gasteiger partial charge in [-0.15, -0.1) is 0 Å². The molecule has 4 rings (SSSR count). The van der Waals surface area contributed by atoms with Gasteiger partial charge in [0.2, 0.25) is 0 Å². The molecule has 170 valence electrons. The fraction of sp³-hybridized carbons (Fsp3) is 0.500. The second-order valence-electron chi connectivity index (χ2n) is 8.68. The number of hydrogen-bond acceptors (Lipinski definition) is 4. The van der Waals surface area contributed by atoms with Crippen molar-refractivity contribution in [2.45, 2.75) is 76.1 Å². The van der Waals surface area contributed by atoms with Gasteiger partial charge < -0.3 is 18.9 Å². The van der Waals surface area contributed by atoms with Crippen LogP contribution in [0.5, 0.6) is 5.75 Å². The van der Waals surface area contributed by atoms with Crippen LogP contribution >= 0.6 is 0 Å². The smallest absolute Gasteiger partial charge is 0.189 e. The minimum absolute atomic E-state index is 0.241. The zero-order valence-corrected chi connectivity index (χ0v) is 18.8. The highest BCUT2D eigenvalue weighted by molar-refractivity contribution is 5.44. The lowest BCUT2D eigenvalue weighted by atomic mass is 9.95. The molecule has 2 saturated carbocycles. The fourth-order valence-electron chi connectivity index (χ4n) is 4.33. The van der Waals surface area contributed by atoms with Crippen molar-refractivity contribution in [3.63, 3.8) is 0 Å². The summed E-state index contributed by atoms with van der Waals surface area (Å²) < 4.78 is 23.5. The Bertz CT molecular complexity index is 838. The van der Waals surface area contributed by atoms with Gasteiger partial charge in [0.25, 0.3) is 0 Å². The van der Waals surface area contributed by atoms with Gasteiger partial charge in [-0.1, -0.05) is 49.3 Å². The average Bonchev–Trinajstić information content (AvgIpc) is 2.86. The molecule has 2 fully saturated rings. The number of rotatable bonds is 8. The van der Waals surface area contributed by atoms with Crippen LogP contribution < -0.4 is 4.74 Å². The van der Waals surface area contributed by atoms with Gasteiger partial charge in [0, 0.05) is 11.1 Å². The summed E-state index contributed by atoms with van der Waals surface area (Å²) in [5.41, 5.74) is 1.98. The Morgan fingerprint density at radius 1 is 0.562 bits per heavy atom. The largest absolute Gasteiger partial charge is 0.468 e. The van der Waals surface area contributed by atoms with Crippen LogP contribution in [0.25, 0.3) is 0 Å². The maximum absolute atomic E-state index is 5.95. The van der Waals surface area contributed by atoms with Crippen LogP contribution in [-0.4, -0.2) is 31.9 Å². The van der Waals surface area contributed by atoms with Crippen molar-refractivity contribution in [1.29, 1.82) is 0 Å². The second kappa shape index (κ2) is 12.6. The lowest BCUT2D eigenvalue weighted by Crippen LogP contribution is -2.29. The summed E-state index contributed by atoms with van der Waals surface area (Å²) in [6.45, 7) is 0.714. The highest BCUT2D eigenvalue weighted by atomic mass is 16.7. The highest BCUT2D eigenvalue weighted by Gasteiger charge is 2.23. The van der Waals surface area contributed by atoms with E-state index in [2.05, 4.69) is 11.8 Å². The predicted molar refractivity (Wildman–Crippen MR) is 125 cm³/mol. The van der Waals surface area contributed by atoms with E-state index in [0.29, 0.717) is 19.0 Å². The lowest BCUT2D eigenvalue weighted by molar-refractivity contribution is -0.142. The molecule has 0 unspecified atom stereocenters. The van der Waals surface area contributed by atoms with Crippen molar-refractivity contribution in [3.05, 3.63) is 65.7 Å². The highest BCUT2D eigenvalue weighted by Crippen LogP contribution is 2.25. The standard InChI is InChI=1S/C28H34O4/c1-3-7-23(8-4-1)11-12-24-13-15-26(16-14-24)30-22-32-28-19-17-27(18-20-28)31-21-29-25-9-5-2-6-10-25/h1,3-4,7-8,13-16,25,27-28H,2,5-6,9-10,17-22H2. The monoisotopic (exact) mass is 434 g/mol. The Hall–Kier alpha value is -2.32. The van der Waals surface area contributed by atoms with E-state index in [1.165, 1.54) is 32.1 Å². The summed E-state index contributed by atoms with van der Waals surface area (Å²) >= 11 is 0. The van der Waals surface area contributed by atoms with Crippen LogP contribution in [0.3, 0.4) is 0 Å². The maximum Gasteiger partial charge on any atom is 0.189 e. The van der Waals surface area contributed by atoms with Gasteiger partial charge in [0.15, 0.2) is 6.79 Å². The molecule has 0 bridgehead atoms. The molecule has 0 radical (unpaired) electrons. The molecule has 0 aliphatic heterocycles. The van der Waals surface area contributed by atoms with Crippen molar-refractivity contribution in [3.8, 4) is 17.6 Å². The van der Waals surface area contributed by atoms with E-state index < -0.39 is 0 Å². The summed E-state index contributed by atoms with van der Waals surface area (Å²) in [6, 6.07) is 17.8. The summed E-state index contributed by atoms with van der Waals surface area (Å²) in [7, 11) is 0. The van der Waals surface area contributed by atoms with E-state index in [0.717, 1.165) is 42.6 Å². The molecule has 32 heavy (non-hydrogen) atoms. The Morgan fingerprint density at radius 3 is 1.72 bits per heavy atom. The third-order valence-electron chi connectivity index (χ3n) is 6.29. The van der Waals surface area contributed by atoms with Gasteiger partial charge in [-0.3, -0.25) is 0 Å². The molecule has 4 nitrogen and oxygen atoms in total. The normalized spacial score (nSPS) is 21.5. The molecule has 0 amide bonds. The molecular formula is C28H34O4. The summed E-state index contributed by atoms with van der Waals surface area (Å²) in [6.07, 6.45) is 11.3. The molecule has 0 spiro atoms. The SMILES string of the molecule is C(#Cc1ccc(OCOC2CCC(OCOC3CCCCC3)CC2)cc1)c1ccccc1. The van der Waals surface area contributed by atoms with E-state index in [1.807, 2.05) is 54.6 Å². The molecule has 0 N–H and O–H groups in total. The molecule has 2 aromatic rings. The molecule has 0 heterocycles. The molecule has 2 aliphatic rings. The molecule has 0 saturated heterocycles. The zero-order chi connectivity index (χ0) is 21.8. The molecule has 2 aromatic carbocycles. The Balaban J connectivity index is 1.09. The van der Waals surface area contributed by atoms with Crippen molar-refractivity contribution < 1.29 is 18.9 Å². The van der Waals surface area contributed by atoms with Crippen LogP contribution in [0.15, 0.2) is 54.6 Å². The van der Waals surface area contributed by atoms with Gasteiger partial charge in [-0.2, -0.15) is 0 Å². The van der Waals surface area contributed by atoms with Crippen molar-refractivity contribution in [2.24, 2.45) is 0 Å². The van der Waals surface area contributed by atoms with Crippen LogP contribution in [-0.2, 0) is 14.2 Å². The van der Waals surface area contributed by atoms with Crippen molar-refractivity contribution in [2.75, 3.05) is 13.6 Å². The van der Waals surface area contributed by atoms with E-state index in [4.69, 9.17) is 18.9 Å².